The lowest BCUT2D eigenvalue weighted by molar-refractivity contribution is -0.389. The van der Waals surface area contributed by atoms with Crippen molar-refractivity contribution in [3.8, 4) is 0 Å². The largest absolute Gasteiger partial charge is 0.383 e. The molecular formula is C17H20ClN5O4. The Bertz CT molecular complexity index is 828. The third kappa shape index (κ3) is 4.20. The van der Waals surface area contributed by atoms with Crippen LogP contribution in [0, 0.1) is 16.0 Å². The summed E-state index contributed by atoms with van der Waals surface area (Å²) in [4.78, 5) is 29.5. The number of urea groups is 1. The lowest BCUT2D eigenvalue weighted by Gasteiger charge is -2.28. The SMILES string of the molecule is CC(Cn1cc([N+](=O)[O-])nc1Cl)C(O)N1CCN(Cc2ccccc2)C1=O. The Morgan fingerprint density at radius 3 is 2.67 bits per heavy atom. The number of aromatic nitrogens is 2. The van der Waals surface area contributed by atoms with Crippen LogP contribution in [0.3, 0.4) is 0 Å². The standard InChI is InChI=1S/C17H20ClN5O4/c1-12(9-21-11-14(23(26)27)19-16(21)18)15(24)22-8-7-20(17(22)25)10-13-5-3-2-4-6-13/h2-6,11-12,15,24H,7-10H2,1H3. The molecule has 0 aliphatic carbocycles. The summed E-state index contributed by atoms with van der Waals surface area (Å²) in [5.41, 5.74) is 1.02. The van der Waals surface area contributed by atoms with Gasteiger partial charge < -0.3 is 20.1 Å². The van der Waals surface area contributed by atoms with E-state index in [1.807, 2.05) is 30.3 Å². The van der Waals surface area contributed by atoms with Crippen molar-refractivity contribution in [3.63, 3.8) is 0 Å². The average Bonchev–Trinajstić information content (AvgIpc) is 3.19. The first kappa shape index (κ1) is 19.1. The summed E-state index contributed by atoms with van der Waals surface area (Å²) in [6.07, 6.45) is 0.190. The van der Waals surface area contributed by atoms with Crippen LogP contribution >= 0.6 is 11.6 Å². The third-order valence-corrected chi connectivity index (χ3v) is 4.86. The molecule has 10 heteroatoms. The first-order valence-corrected chi connectivity index (χ1v) is 8.89. The zero-order valence-corrected chi connectivity index (χ0v) is 15.5. The summed E-state index contributed by atoms with van der Waals surface area (Å²) in [6, 6.07) is 9.41. The predicted molar refractivity (Wildman–Crippen MR) is 98.0 cm³/mol. The van der Waals surface area contributed by atoms with Gasteiger partial charge in [-0.05, 0) is 27.1 Å². The van der Waals surface area contributed by atoms with Crippen LogP contribution in [0.4, 0.5) is 10.6 Å². The Morgan fingerprint density at radius 2 is 2.04 bits per heavy atom. The van der Waals surface area contributed by atoms with Crippen molar-refractivity contribution < 1.29 is 14.8 Å². The van der Waals surface area contributed by atoms with Crippen LogP contribution in [0.25, 0.3) is 0 Å². The van der Waals surface area contributed by atoms with Gasteiger partial charge in [-0.25, -0.2) is 4.79 Å². The molecule has 1 aromatic carbocycles. The van der Waals surface area contributed by atoms with Gasteiger partial charge in [0.05, 0.1) is 0 Å². The molecule has 2 atom stereocenters. The fourth-order valence-electron chi connectivity index (χ4n) is 3.11. The van der Waals surface area contributed by atoms with Crippen molar-refractivity contribution >= 4 is 23.4 Å². The van der Waals surface area contributed by atoms with Crippen molar-refractivity contribution in [2.24, 2.45) is 5.92 Å². The lowest BCUT2D eigenvalue weighted by atomic mass is 10.1. The molecule has 1 aromatic heterocycles. The monoisotopic (exact) mass is 393 g/mol. The number of hydrogen-bond acceptors (Lipinski definition) is 5. The number of halogens is 1. The van der Waals surface area contributed by atoms with Crippen LogP contribution in [-0.4, -0.2) is 54.7 Å². The lowest BCUT2D eigenvalue weighted by Crippen LogP contribution is -2.43. The number of amides is 2. The van der Waals surface area contributed by atoms with E-state index in [4.69, 9.17) is 11.6 Å². The highest BCUT2D eigenvalue weighted by atomic mass is 35.5. The number of carbonyl (C=O) groups excluding carboxylic acids is 1. The third-order valence-electron chi connectivity index (χ3n) is 4.56. The maximum atomic E-state index is 12.6. The molecule has 144 valence electrons. The number of imidazole rings is 1. The quantitative estimate of drug-likeness (QED) is 0.574. The van der Waals surface area contributed by atoms with E-state index in [2.05, 4.69) is 4.98 Å². The number of carbonyl (C=O) groups is 1. The van der Waals surface area contributed by atoms with E-state index in [9.17, 15) is 20.0 Å². The Morgan fingerprint density at radius 1 is 1.33 bits per heavy atom. The minimum absolute atomic E-state index is 0.0285. The molecular weight excluding hydrogens is 374 g/mol. The van der Waals surface area contributed by atoms with E-state index in [0.717, 1.165) is 5.56 Å². The molecule has 9 nitrogen and oxygen atoms in total. The van der Waals surface area contributed by atoms with Crippen LogP contribution in [0.5, 0.6) is 0 Å². The van der Waals surface area contributed by atoms with E-state index < -0.39 is 17.1 Å². The van der Waals surface area contributed by atoms with Crippen LogP contribution in [-0.2, 0) is 13.1 Å². The summed E-state index contributed by atoms with van der Waals surface area (Å²) >= 11 is 5.92. The number of nitro groups is 1. The number of aliphatic hydroxyl groups excluding tert-OH is 1. The molecule has 0 radical (unpaired) electrons. The normalized spacial score (nSPS) is 16.6. The molecule has 0 spiro atoms. The van der Waals surface area contributed by atoms with Crippen LogP contribution in [0.1, 0.15) is 12.5 Å². The highest BCUT2D eigenvalue weighted by Crippen LogP contribution is 2.22. The van der Waals surface area contributed by atoms with E-state index in [-0.39, 0.29) is 23.7 Å². The van der Waals surface area contributed by atoms with E-state index in [1.165, 1.54) is 15.7 Å². The van der Waals surface area contributed by atoms with Gasteiger partial charge in [0.15, 0.2) is 0 Å². The van der Waals surface area contributed by atoms with Crippen molar-refractivity contribution in [1.29, 1.82) is 0 Å². The molecule has 0 saturated carbocycles. The zero-order valence-electron chi connectivity index (χ0n) is 14.7. The molecule has 3 rings (SSSR count). The molecule has 2 heterocycles. The van der Waals surface area contributed by atoms with Crippen LogP contribution in [0.15, 0.2) is 36.5 Å². The maximum absolute atomic E-state index is 12.6. The van der Waals surface area contributed by atoms with E-state index in [1.54, 1.807) is 11.8 Å². The van der Waals surface area contributed by atoms with Gasteiger partial charge in [-0.15, -0.1) is 0 Å². The Balaban J connectivity index is 1.62. The van der Waals surface area contributed by atoms with Gasteiger partial charge in [0.2, 0.25) is 0 Å². The summed E-state index contributed by atoms with van der Waals surface area (Å²) < 4.78 is 1.40. The highest BCUT2D eigenvalue weighted by molar-refractivity contribution is 6.28. The molecule has 2 unspecified atom stereocenters. The van der Waals surface area contributed by atoms with E-state index in [0.29, 0.717) is 19.6 Å². The molecule has 1 aliphatic heterocycles. The van der Waals surface area contributed by atoms with Crippen LogP contribution < -0.4 is 0 Å². The fraction of sp³-hybridized carbons (Fsp3) is 0.412. The second kappa shape index (κ2) is 7.93. The van der Waals surface area contributed by atoms with Gasteiger partial charge in [-0.1, -0.05) is 37.3 Å². The van der Waals surface area contributed by atoms with Crippen molar-refractivity contribution in [3.05, 3.63) is 57.5 Å². The van der Waals surface area contributed by atoms with Gasteiger partial charge in [0.25, 0.3) is 0 Å². The van der Waals surface area contributed by atoms with Gasteiger partial charge in [-0.3, -0.25) is 9.47 Å². The van der Waals surface area contributed by atoms with Crippen molar-refractivity contribution in [1.82, 2.24) is 19.4 Å². The minimum Gasteiger partial charge on any atom is -0.373 e. The van der Waals surface area contributed by atoms with Gasteiger partial charge in [0, 0.05) is 32.1 Å². The van der Waals surface area contributed by atoms with Gasteiger partial charge >= 0.3 is 17.1 Å². The average molecular weight is 394 g/mol. The van der Waals surface area contributed by atoms with Crippen molar-refractivity contribution in [2.75, 3.05) is 13.1 Å². The highest BCUT2D eigenvalue weighted by Gasteiger charge is 2.35. The smallest absolute Gasteiger partial charge is 0.373 e. The number of nitrogens with zero attached hydrogens (tertiary/aromatic N) is 5. The van der Waals surface area contributed by atoms with Crippen molar-refractivity contribution in [2.45, 2.75) is 26.2 Å². The molecule has 1 fully saturated rings. The Kier molecular flexibility index (Phi) is 5.62. The summed E-state index contributed by atoms with van der Waals surface area (Å²) in [6.45, 7) is 3.36. The van der Waals surface area contributed by atoms with E-state index >= 15 is 0 Å². The van der Waals surface area contributed by atoms with Gasteiger partial charge in [-0.2, -0.15) is 0 Å². The Hall–Kier alpha value is -2.65. The molecule has 2 amide bonds. The second-order valence-corrected chi connectivity index (χ2v) is 6.89. The molecule has 1 N–H and O–H groups in total. The fourth-order valence-corrected chi connectivity index (χ4v) is 3.31. The molecule has 1 saturated heterocycles. The maximum Gasteiger partial charge on any atom is 0.383 e. The number of benzene rings is 1. The number of rotatable bonds is 7. The zero-order chi connectivity index (χ0) is 19.6. The first-order chi connectivity index (χ1) is 12.9. The minimum atomic E-state index is -1.03. The van der Waals surface area contributed by atoms with Crippen LogP contribution in [0.2, 0.25) is 5.28 Å². The molecule has 2 aromatic rings. The predicted octanol–water partition coefficient (Wildman–Crippen LogP) is 2.34. The second-order valence-electron chi connectivity index (χ2n) is 6.55. The topological polar surface area (TPSA) is 105 Å². The molecule has 0 bridgehead atoms. The number of hydrogen-bond donors (Lipinski definition) is 1. The summed E-state index contributed by atoms with van der Waals surface area (Å²) in [5.74, 6) is -0.745. The Labute approximate surface area is 160 Å². The first-order valence-electron chi connectivity index (χ1n) is 8.51. The molecule has 1 aliphatic rings. The summed E-state index contributed by atoms with van der Waals surface area (Å²) in [5, 5.41) is 21.4. The van der Waals surface area contributed by atoms with Gasteiger partial charge in [0.1, 0.15) is 12.4 Å². The summed E-state index contributed by atoms with van der Waals surface area (Å²) in [7, 11) is 0. The number of aliphatic hydroxyl groups is 1. The molecule has 27 heavy (non-hydrogen) atoms.